The van der Waals surface area contributed by atoms with Crippen molar-refractivity contribution in [1.29, 1.82) is 0 Å². The monoisotopic (exact) mass is 293 g/mol. The number of hydrogen-bond acceptors (Lipinski definition) is 3. The van der Waals surface area contributed by atoms with Crippen molar-refractivity contribution in [3.8, 4) is 0 Å². The Labute approximate surface area is 129 Å². The second kappa shape index (κ2) is 7.59. The Bertz CT molecular complexity index is 335. The number of rotatable bonds is 4. The molecule has 3 fully saturated rings. The van der Waals surface area contributed by atoms with Gasteiger partial charge >= 0.3 is 0 Å². The first-order valence-electron chi connectivity index (χ1n) is 9.09. The van der Waals surface area contributed by atoms with Gasteiger partial charge in [-0.2, -0.15) is 0 Å². The van der Waals surface area contributed by atoms with Gasteiger partial charge in [0.15, 0.2) is 0 Å². The summed E-state index contributed by atoms with van der Waals surface area (Å²) in [5, 5.41) is 7.29. The van der Waals surface area contributed by atoms with Crippen LogP contribution in [0.5, 0.6) is 0 Å². The number of carbonyl (C=O) groups is 1. The third-order valence-corrected chi connectivity index (χ3v) is 5.66. The van der Waals surface area contributed by atoms with Crippen LogP contribution in [0.15, 0.2) is 0 Å². The van der Waals surface area contributed by atoms with Crippen molar-refractivity contribution in [3.05, 3.63) is 0 Å². The molecule has 2 aliphatic heterocycles. The number of piperidine rings is 1. The van der Waals surface area contributed by atoms with E-state index >= 15 is 0 Å². The molecule has 2 saturated heterocycles. The summed E-state index contributed by atoms with van der Waals surface area (Å²) in [7, 11) is 0. The van der Waals surface area contributed by atoms with Crippen molar-refractivity contribution >= 4 is 5.91 Å². The Kier molecular flexibility index (Phi) is 5.53. The lowest BCUT2D eigenvalue weighted by Crippen LogP contribution is -2.50. The SMILES string of the molecule is O=C(CNC1CCCCC1C1CCCN1)N1CCCCC1. The molecule has 2 heterocycles. The molecule has 0 bridgehead atoms. The summed E-state index contributed by atoms with van der Waals surface area (Å²) >= 11 is 0. The molecule has 0 aromatic rings. The normalized spacial score (nSPS) is 34.1. The zero-order chi connectivity index (χ0) is 14.5. The molecular weight excluding hydrogens is 262 g/mol. The van der Waals surface area contributed by atoms with Gasteiger partial charge in [0.2, 0.25) is 5.91 Å². The molecule has 3 rings (SSSR count). The van der Waals surface area contributed by atoms with Crippen molar-refractivity contribution in [2.24, 2.45) is 5.92 Å². The second-order valence-electron chi connectivity index (χ2n) is 7.08. The Morgan fingerprint density at radius 2 is 1.81 bits per heavy atom. The fourth-order valence-corrected chi connectivity index (χ4v) is 4.45. The van der Waals surface area contributed by atoms with Crippen LogP contribution in [0.3, 0.4) is 0 Å². The van der Waals surface area contributed by atoms with Crippen LogP contribution in [0, 0.1) is 5.92 Å². The molecule has 2 N–H and O–H groups in total. The molecule has 1 saturated carbocycles. The van der Waals surface area contributed by atoms with Gasteiger partial charge in [-0.3, -0.25) is 4.79 Å². The first kappa shape index (κ1) is 15.3. The lowest BCUT2D eigenvalue weighted by Gasteiger charge is -2.37. The largest absolute Gasteiger partial charge is 0.342 e. The first-order valence-corrected chi connectivity index (χ1v) is 9.09. The smallest absolute Gasteiger partial charge is 0.236 e. The van der Waals surface area contributed by atoms with E-state index in [1.807, 2.05) is 0 Å². The predicted molar refractivity (Wildman–Crippen MR) is 85.2 cm³/mol. The van der Waals surface area contributed by atoms with Crippen LogP contribution >= 0.6 is 0 Å². The summed E-state index contributed by atoms with van der Waals surface area (Å²) in [5.41, 5.74) is 0. The third kappa shape index (κ3) is 3.98. The van der Waals surface area contributed by atoms with Gasteiger partial charge in [-0.15, -0.1) is 0 Å². The van der Waals surface area contributed by atoms with E-state index < -0.39 is 0 Å². The summed E-state index contributed by atoms with van der Waals surface area (Å²) < 4.78 is 0. The molecule has 1 aliphatic carbocycles. The molecule has 1 amide bonds. The van der Waals surface area contributed by atoms with Crippen LogP contribution < -0.4 is 10.6 Å². The first-order chi connectivity index (χ1) is 10.3. The maximum absolute atomic E-state index is 12.3. The van der Waals surface area contributed by atoms with E-state index in [-0.39, 0.29) is 0 Å². The van der Waals surface area contributed by atoms with Crippen molar-refractivity contribution in [3.63, 3.8) is 0 Å². The van der Waals surface area contributed by atoms with Crippen LogP contribution in [0.2, 0.25) is 0 Å². The Balaban J connectivity index is 1.48. The molecular formula is C17H31N3O. The summed E-state index contributed by atoms with van der Waals surface area (Å²) in [5.74, 6) is 1.05. The molecule has 21 heavy (non-hydrogen) atoms. The van der Waals surface area contributed by atoms with Gasteiger partial charge in [0.1, 0.15) is 0 Å². The van der Waals surface area contributed by atoms with E-state index in [4.69, 9.17) is 0 Å². The van der Waals surface area contributed by atoms with Crippen LogP contribution in [-0.4, -0.2) is 49.1 Å². The molecule has 0 aromatic carbocycles. The van der Waals surface area contributed by atoms with Gasteiger partial charge in [0, 0.05) is 25.2 Å². The summed E-state index contributed by atoms with van der Waals surface area (Å²) in [4.78, 5) is 14.4. The fourth-order valence-electron chi connectivity index (χ4n) is 4.45. The van der Waals surface area contributed by atoms with E-state index in [2.05, 4.69) is 15.5 Å². The van der Waals surface area contributed by atoms with Crippen molar-refractivity contribution in [1.82, 2.24) is 15.5 Å². The van der Waals surface area contributed by atoms with Crippen molar-refractivity contribution in [2.45, 2.75) is 69.9 Å². The number of nitrogens with one attached hydrogen (secondary N) is 2. The third-order valence-electron chi connectivity index (χ3n) is 5.66. The zero-order valence-electron chi connectivity index (χ0n) is 13.3. The Morgan fingerprint density at radius 3 is 2.57 bits per heavy atom. The minimum absolute atomic E-state index is 0.318. The number of amides is 1. The lowest BCUT2D eigenvalue weighted by molar-refractivity contribution is -0.131. The quantitative estimate of drug-likeness (QED) is 0.832. The number of hydrogen-bond donors (Lipinski definition) is 2. The molecule has 3 atom stereocenters. The summed E-state index contributed by atoms with van der Waals surface area (Å²) in [6.07, 6.45) is 11.6. The molecule has 3 unspecified atom stereocenters. The highest BCUT2D eigenvalue weighted by atomic mass is 16.2. The molecule has 120 valence electrons. The van der Waals surface area contributed by atoms with Gasteiger partial charge in [-0.05, 0) is 57.4 Å². The topological polar surface area (TPSA) is 44.4 Å². The lowest BCUT2D eigenvalue weighted by atomic mass is 9.79. The predicted octanol–water partition coefficient (Wildman–Crippen LogP) is 1.90. The van der Waals surface area contributed by atoms with Gasteiger partial charge in [0.25, 0.3) is 0 Å². The summed E-state index contributed by atoms with van der Waals surface area (Å²) in [6, 6.07) is 1.23. The van der Waals surface area contributed by atoms with Crippen LogP contribution in [0.1, 0.15) is 57.8 Å². The molecule has 0 spiro atoms. The number of likely N-dealkylation sites (tertiary alicyclic amines) is 1. The van der Waals surface area contributed by atoms with Gasteiger partial charge < -0.3 is 15.5 Å². The average Bonchev–Trinajstić information content (AvgIpc) is 3.08. The minimum Gasteiger partial charge on any atom is -0.342 e. The van der Waals surface area contributed by atoms with Crippen LogP contribution in [0.25, 0.3) is 0 Å². The van der Waals surface area contributed by atoms with Gasteiger partial charge in [0.05, 0.1) is 6.54 Å². The van der Waals surface area contributed by atoms with Gasteiger partial charge in [-0.25, -0.2) is 0 Å². The van der Waals surface area contributed by atoms with E-state index in [1.54, 1.807) is 0 Å². The van der Waals surface area contributed by atoms with E-state index in [0.29, 0.717) is 24.5 Å². The van der Waals surface area contributed by atoms with Gasteiger partial charge in [-0.1, -0.05) is 12.8 Å². The molecule has 4 heteroatoms. The highest BCUT2D eigenvalue weighted by Crippen LogP contribution is 2.30. The minimum atomic E-state index is 0.318. The van der Waals surface area contributed by atoms with E-state index in [9.17, 15) is 4.79 Å². The Morgan fingerprint density at radius 1 is 1.00 bits per heavy atom. The highest BCUT2D eigenvalue weighted by molar-refractivity contribution is 5.78. The fraction of sp³-hybridized carbons (Fsp3) is 0.941. The standard InChI is InChI=1S/C17H31N3O/c21-17(20-11-4-1-5-12-20)13-19-16-8-3-2-7-14(16)15-9-6-10-18-15/h14-16,18-19H,1-13H2. The number of carbonyl (C=O) groups excluding carboxylic acids is 1. The molecule has 3 aliphatic rings. The van der Waals surface area contributed by atoms with Crippen LogP contribution in [-0.2, 0) is 4.79 Å². The summed E-state index contributed by atoms with van der Waals surface area (Å²) in [6.45, 7) is 3.67. The zero-order valence-corrected chi connectivity index (χ0v) is 13.3. The van der Waals surface area contributed by atoms with Crippen molar-refractivity contribution < 1.29 is 4.79 Å². The maximum atomic E-state index is 12.3. The maximum Gasteiger partial charge on any atom is 0.236 e. The Hall–Kier alpha value is -0.610. The van der Waals surface area contributed by atoms with E-state index in [1.165, 1.54) is 64.3 Å². The van der Waals surface area contributed by atoms with Crippen LogP contribution in [0.4, 0.5) is 0 Å². The average molecular weight is 293 g/mol. The molecule has 0 radical (unpaired) electrons. The number of nitrogens with zero attached hydrogens (tertiary/aromatic N) is 1. The second-order valence-corrected chi connectivity index (χ2v) is 7.08. The molecule has 4 nitrogen and oxygen atoms in total. The van der Waals surface area contributed by atoms with E-state index in [0.717, 1.165) is 19.0 Å². The van der Waals surface area contributed by atoms with Crippen molar-refractivity contribution in [2.75, 3.05) is 26.2 Å². The molecule has 0 aromatic heterocycles. The highest BCUT2D eigenvalue weighted by Gasteiger charge is 2.33.